The van der Waals surface area contributed by atoms with Crippen LogP contribution in [0, 0.1) is 6.92 Å². The second kappa shape index (κ2) is 4.40. The molecule has 2 aromatic heterocycles. The molecule has 0 atom stereocenters. The van der Waals surface area contributed by atoms with Gasteiger partial charge in [-0.1, -0.05) is 18.3 Å². The van der Waals surface area contributed by atoms with Crippen LogP contribution in [0.4, 0.5) is 0 Å². The Kier molecular flexibility index (Phi) is 2.96. The highest BCUT2D eigenvalue weighted by Crippen LogP contribution is 2.08. The zero-order valence-electron chi connectivity index (χ0n) is 8.92. The number of pyridine rings is 1. The predicted molar refractivity (Wildman–Crippen MR) is 66.2 cm³/mol. The van der Waals surface area contributed by atoms with Gasteiger partial charge in [-0.2, -0.15) is 5.10 Å². The van der Waals surface area contributed by atoms with Gasteiger partial charge in [0.1, 0.15) is 10.7 Å². The maximum absolute atomic E-state index is 5.62. The first-order valence-electron chi connectivity index (χ1n) is 4.90. The molecule has 0 aliphatic heterocycles. The number of thiocarbonyl (C=S) groups is 1. The minimum absolute atomic E-state index is 0.320. The molecule has 2 rings (SSSR count). The van der Waals surface area contributed by atoms with E-state index in [9.17, 15) is 0 Å². The quantitative estimate of drug-likeness (QED) is 0.810. The highest BCUT2D eigenvalue weighted by atomic mass is 32.1. The molecule has 0 aliphatic carbocycles. The van der Waals surface area contributed by atoms with Gasteiger partial charge in [-0.3, -0.25) is 9.67 Å². The van der Waals surface area contributed by atoms with Gasteiger partial charge < -0.3 is 5.73 Å². The summed E-state index contributed by atoms with van der Waals surface area (Å²) in [6.45, 7) is 2.64. The van der Waals surface area contributed by atoms with Crippen LogP contribution < -0.4 is 5.73 Å². The number of hydrogen-bond donors (Lipinski definition) is 1. The molecular formula is C11H12N4S. The van der Waals surface area contributed by atoms with E-state index in [1.165, 1.54) is 0 Å². The number of nitrogens with two attached hydrogens (primary N) is 1. The lowest BCUT2D eigenvalue weighted by molar-refractivity contribution is 0.662. The summed E-state index contributed by atoms with van der Waals surface area (Å²) in [6, 6.07) is 5.79. The van der Waals surface area contributed by atoms with Gasteiger partial charge in [-0.05, 0) is 19.1 Å². The Balaban J connectivity index is 2.35. The lowest BCUT2D eigenvalue weighted by Gasteiger charge is -2.08. The predicted octanol–water partition coefficient (Wildman–Crippen LogP) is 1.27. The molecule has 16 heavy (non-hydrogen) atoms. The van der Waals surface area contributed by atoms with Crippen LogP contribution >= 0.6 is 12.2 Å². The fraction of sp³-hybridized carbons (Fsp3) is 0.182. The maximum atomic E-state index is 5.62. The lowest BCUT2D eigenvalue weighted by Crippen LogP contribution is -2.16. The zero-order chi connectivity index (χ0) is 11.5. The highest BCUT2D eigenvalue weighted by molar-refractivity contribution is 7.80. The minimum atomic E-state index is 0.320. The van der Waals surface area contributed by atoms with Crippen molar-refractivity contribution >= 4 is 17.2 Å². The summed E-state index contributed by atoms with van der Waals surface area (Å²) in [5.74, 6) is 0. The summed E-state index contributed by atoms with van der Waals surface area (Å²) in [4.78, 5) is 4.50. The Bertz CT molecular complexity index is 518. The molecule has 0 radical (unpaired) electrons. The van der Waals surface area contributed by atoms with E-state index in [0.29, 0.717) is 17.2 Å². The standard InChI is InChI=1S/C11H12N4S/c1-8-4-6-14-15(8)7-9-3-2-5-13-10(9)11(12)16/h2-6H,7H2,1H3,(H2,12,16). The van der Waals surface area contributed by atoms with E-state index in [-0.39, 0.29) is 0 Å². The van der Waals surface area contributed by atoms with Crippen LogP contribution in [0.2, 0.25) is 0 Å². The highest BCUT2D eigenvalue weighted by Gasteiger charge is 2.07. The molecule has 0 spiro atoms. The van der Waals surface area contributed by atoms with E-state index >= 15 is 0 Å². The average Bonchev–Trinajstić information content (AvgIpc) is 2.65. The summed E-state index contributed by atoms with van der Waals surface area (Å²) in [5, 5.41) is 4.22. The third kappa shape index (κ3) is 2.09. The second-order valence-corrected chi connectivity index (χ2v) is 3.95. The van der Waals surface area contributed by atoms with Crippen molar-refractivity contribution in [3.63, 3.8) is 0 Å². The van der Waals surface area contributed by atoms with Crippen LogP contribution in [0.25, 0.3) is 0 Å². The van der Waals surface area contributed by atoms with Crippen molar-refractivity contribution < 1.29 is 0 Å². The molecule has 0 saturated carbocycles. The number of hydrogen-bond acceptors (Lipinski definition) is 3. The molecule has 0 bridgehead atoms. The molecule has 82 valence electrons. The Morgan fingerprint density at radius 2 is 2.25 bits per heavy atom. The Morgan fingerprint density at radius 3 is 2.88 bits per heavy atom. The largest absolute Gasteiger partial charge is 0.388 e. The molecule has 0 amide bonds. The van der Waals surface area contributed by atoms with Crippen molar-refractivity contribution in [3.05, 3.63) is 47.5 Å². The van der Waals surface area contributed by atoms with Gasteiger partial charge in [0.05, 0.1) is 6.54 Å². The molecule has 0 aliphatic rings. The van der Waals surface area contributed by atoms with Crippen LogP contribution in [-0.4, -0.2) is 19.8 Å². The average molecular weight is 232 g/mol. The van der Waals surface area contributed by atoms with Gasteiger partial charge in [-0.25, -0.2) is 0 Å². The molecule has 0 fully saturated rings. The second-order valence-electron chi connectivity index (χ2n) is 3.51. The van der Waals surface area contributed by atoms with Gasteiger partial charge in [0.2, 0.25) is 0 Å². The van der Waals surface area contributed by atoms with Crippen molar-refractivity contribution in [2.24, 2.45) is 5.73 Å². The van der Waals surface area contributed by atoms with Crippen LogP contribution in [-0.2, 0) is 6.54 Å². The van der Waals surface area contributed by atoms with E-state index in [4.69, 9.17) is 18.0 Å². The third-order valence-electron chi connectivity index (χ3n) is 2.37. The van der Waals surface area contributed by atoms with E-state index < -0.39 is 0 Å². The molecule has 2 heterocycles. The normalized spacial score (nSPS) is 10.3. The zero-order valence-corrected chi connectivity index (χ0v) is 9.74. The number of aromatic nitrogens is 3. The fourth-order valence-corrected chi connectivity index (χ4v) is 1.70. The van der Waals surface area contributed by atoms with E-state index in [0.717, 1.165) is 11.3 Å². The summed E-state index contributed by atoms with van der Waals surface area (Å²) < 4.78 is 1.89. The maximum Gasteiger partial charge on any atom is 0.123 e. The van der Waals surface area contributed by atoms with E-state index in [2.05, 4.69) is 10.1 Å². The summed E-state index contributed by atoms with van der Waals surface area (Å²) in [5.41, 5.74) is 8.38. The van der Waals surface area contributed by atoms with Gasteiger partial charge >= 0.3 is 0 Å². The molecule has 2 N–H and O–H groups in total. The smallest absolute Gasteiger partial charge is 0.123 e. The van der Waals surface area contributed by atoms with Gasteiger partial charge in [-0.15, -0.1) is 0 Å². The van der Waals surface area contributed by atoms with Crippen molar-refractivity contribution in [3.8, 4) is 0 Å². The fourth-order valence-electron chi connectivity index (χ4n) is 1.51. The van der Waals surface area contributed by atoms with Crippen molar-refractivity contribution in [2.45, 2.75) is 13.5 Å². The SMILES string of the molecule is Cc1ccnn1Cc1cccnc1C(N)=S. The minimum Gasteiger partial charge on any atom is -0.388 e. The first-order valence-corrected chi connectivity index (χ1v) is 5.31. The number of aryl methyl sites for hydroxylation is 1. The Labute approximate surface area is 99.1 Å². The monoisotopic (exact) mass is 232 g/mol. The Hall–Kier alpha value is -1.75. The van der Waals surface area contributed by atoms with Gasteiger partial charge in [0.15, 0.2) is 0 Å². The topological polar surface area (TPSA) is 56.7 Å². The van der Waals surface area contributed by atoms with Gasteiger partial charge in [0.25, 0.3) is 0 Å². The van der Waals surface area contributed by atoms with Crippen LogP contribution in [0.5, 0.6) is 0 Å². The molecule has 0 unspecified atom stereocenters. The number of nitrogens with zero attached hydrogens (tertiary/aromatic N) is 3. The Morgan fingerprint density at radius 1 is 1.44 bits per heavy atom. The first kappa shape index (κ1) is 10.8. The van der Waals surface area contributed by atoms with Gasteiger partial charge in [0, 0.05) is 23.7 Å². The van der Waals surface area contributed by atoms with Crippen molar-refractivity contribution in [1.29, 1.82) is 0 Å². The lowest BCUT2D eigenvalue weighted by atomic mass is 10.2. The molecule has 4 nitrogen and oxygen atoms in total. The van der Waals surface area contributed by atoms with Crippen molar-refractivity contribution in [1.82, 2.24) is 14.8 Å². The van der Waals surface area contributed by atoms with Crippen molar-refractivity contribution in [2.75, 3.05) is 0 Å². The summed E-state index contributed by atoms with van der Waals surface area (Å²) in [7, 11) is 0. The molecule has 5 heteroatoms. The molecular weight excluding hydrogens is 220 g/mol. The van der Waals surface area contributed by atoms with Crippen LogP contribution in [0.3, 0.4) is 0 Å². The van der Waals surface area contributed by atoms with E-state index in [1.54, 1.807) is 12.4 Å². The van der Waals surface area contributed by atoms with Crippen LogP contribution in [0.1, 0.15) is 17.0 Å². The van der Waals surface area contributed by atoms with E-state index in [1.807, 2.05) is 29.8 Å². The number of rotatable bonds is 3. The first-order chi connectivity index (χ1) is 7.68. The molecule has 0 aromatic carbocycles. The molecule has 0 saturated heterocycles. The summed E-state index contributed by atoms with van der Waals surface area (Å²) >= 11 is 4.96. The van der Waals surface area contributed by atoms with Crippen LogP contribution in [0.15, 0.2) is 30.6 Å². The molecule has 2 aromatic rings. The summed E-state index contributed by atoms with van der Waals surface area (Å²) in [6.07, 6.45) is 3.46. The third-order valence-corrected chi connectivity index (χ3v) is 2.57.